The molecular formula is C50H33NO. The summed E-state index contributed by atoms with van der Waals surface area (Å²) in [6.45, 7) is 0. The van der Waals surface area contributed by atoms with Crippen molar-refractivity contribution < 1.29 is 4.42 Å². The van der Waals surface area contributed by atoms with Crippen LogP contribution < -0.4 is 4.90 Å². The zero-order chi connectivity index (χ0) is 34.4. The molecule has 9 aromatic carbocycles. The molecule has 0 amide bonds. The van der Waals surface area contributed by atoms with Gasteiger partial charge in [0.05, 0.1) is 11.1 Å². The van der Waals surface area contributed by atoms with Crippen LogP contribution in [0.25, 0.3) is 76.9 Å². The Morgan fingerprint density at radius 2 is 0.923 bits per heavy atom. The SMILES string of the molecule is c1ccc(-c2cccc(N(c3cccc(-c4cccc5cccc(-c6ccccc6)c45)c3)c3cccc4oc5c6ccccc6ccc5c34)c2)cc1. The molecule has 10 rings (SSSR count). The smallest absolute Gasteiger partial charge is 0.143 e. The second kappa shape index (κ2) is 12.5. The molecule has 1 heterocycles. The molecule has 10 aromatic rings. The Bertz CT molecular complexity index is 2900. The van der Waals surface area contributed by atoms with E-state index in [-0.39, 0.29) is 0 Å². The molecule has 0 unspecified atom stereocenters. The van der Waals surface area contributed by atoms with Crippen molar-refractivity contribution in [3.63, 3.8) is 0 Å². The van der Waals surface area contributed by atoms with Crippen molar-refractivity contribution in [3.05, 3.63) is 200 Å². The van der Waals surface area contributed by atoms with Gasteiger partial charge in [-0.25, -0.2) is 0 Å². The Morgan fingerprint density at radius 1 is 0.346 bits per heavy atom. The summed E-state index contributed by atoms with van der Waals surface area (Å²) in [6.07, 6.45) is 0. The van der Waals surface area contributed by atoms with Crippen LogP contribution in [0.5, 0.6) is 0 Å². The molecular weight excluding hydrogens is 631 g/mol. The van der Waals surface area contributed by atoms with Gasteiger partial charge < -0.3 is 9.32 Å². The van der Waals surface area contributed by atoms with Crippen molar-refractivity contribution in [2.24, 2.45) is 0 Å². The molecule has 0 saturated carbocycles. The highest BCUT2D eigenvalue weighted by Gasteiger charge is 2.21. The van der Waals surface area contributed by atoms with Gasteiger partial charge in [-0.15, -0.1) is 0 Å². The third-order valence-corrected chi connectivity index (χ3v) is 10.2. The second-order valence-corrected chi connectivity index (χ2v) is 13.3. The maximum atomic E-state index is 6.69. The largest absolute Gasteiger partial charge is 0.455 e. The highest BCUT2D eigenvalue weighted by Crippen LogP contribution is 2.46. The van der Waals surface area contributed by atoms with E-state index in [0.29, 0.717) is 0 Å². The fourth-order valence-corrected chi connectivity index (χ4v) is 7.86. The zero-order valence-electron chi connectivity index (χ0n) is 28.4. The maximum Gasteiger partial charge on any atom is 0.143 e. The lowest BCUT2D eigenvalue weighted by atomic mass is 9.91. The molecule has 52 heavy (non-hydrogen) atoms. The van der Waals surface area contributed by atoms with Gasteiger partial charge in [-0.3, -0.25) is 0 Å². The Morgan fingerprint density at radius 3 is 1.69 bits per heavy atom. The third kappa shape index (κ3) is 5.04. The van der Waals surface area contributed by atoms with Crippen molar-refractivity contribution in [1.82, 2.24) is 0 Å². The van der Waals surface area contributed by atoms with E-state index >= 15 is 0 Å². The van der Waals surface area contributed by atoms with E-state index in [2.05, 4.69) is 205 Å². The number of hydrogen-bond donors (Lipinski definition) is 0. The number of furan rings is 1. The van der Waals surface area contributed by atoms with Gasteiger partial charge in [0.1, 0.15) is 11.2 Å². The van der Waals surface area contributed by atoms with Crippen molar-refractivity contribution in [1.29, 1.82) is 0 Å². The van der Waals surface area contributed by atoms with Gasteiger partial charge in [0.15, 0.2) is 0 Å². The van der Waals surface area contributed by atoms with Crippen LogP contribution >= 0.6 is 0 Å². The van der Waals surface area contributed by atoms with E-state index in [1.54, 1.807) is 0 Å². The third-order valence-electron chi connectivity index (χ3n) is 10.2. The van der Waals surface area contributed by atoms with Crippen molar-refractivity contribution >= 4 is 60.5 Å². The molecule has 0 N–H and O–H groups in total. The van der Waals surface area contributed by atoms with Crippen LogP contribution in [-0.4, -0.2) is 0 Å². The number of rotatable bonds is 6. The fourth-order valence-electron chi connectivity index (χ4n) is 7.86. The monoisotopic (exact) mass is 663 g/mol. The van der Waals surface area contributed by atoms with Crippen molar-refractivity contribution in [2.45, 2.75) is 0 Å². The molecule has 1 aromatic heterocycles. The number of nitrogens with zero attached hydrogens (tertiary/aromatic N) is 1. The molecule has 244 valence electrons. The summed E-state index contributed by atoms with van der Waals surface area (Å²) < 4.78 is 6.69. The summed E-state index contributed by atoms with van der Waals surface area (Å²) >= 11 is 0. The lowest BCUT2D eigenvalue weighted by Crippen LogP contribution is -2.10. The van der Waals surface area contributed by atoms with Gasteiger partial charge in [-0.1, -0.05) is 158 Å². The highest BCUT2D eigenvalue weighted by molar-refractivity contribution is 6.19. The van der Waals surface area contributed by atoms with Crippen LogP contribution in [0.4, 0.5) is 17.1 Å². The quantitative estimate of drug-likeness (QED) is 0.176. The van der Waals surface area contributed by atoms with Crippen molar-refractivity contribution in [2.75, 3.05) is 4.90 Å². The van der Waals surface area contributed by atoms with Gasteiger partial charge >= 0.3 is 0 Å². The van der Waals surface area contributed by atoms with Crippen LogP contribution in [0.1, 0.15) is 0 Å². The topological polar surface area (TPSA) is 16.4 Å². The van der Waals surface area contributed by atoms with Crippen molar-refractivity contribution in [3.8, 4) is 33.4 Å². The molecule has 0 aliphatic rings. The van der Waals surface area contributed by atoms with E-state index in [9.17, 15) is 0 Å². The van der Waals surface area contributed by atoms with E-state index < -0.39 is 0 Å². The summed E-state index contributed by atoms with van der Waals surface area (Å²) in [7, 11) is 0. The molecule has 0 radical (unpaired) electrons. The van der Waals surface area contributed by atoms with E-state index in [0.717, 1.165) is 55.5 Å². The minimum absolute atomic E-state index is 0.866. The van der Waals surface area contributed by atoms with Crippen LogP contribution in [0.3, 0.4) is 0 Å². The van der Waals surface area contributed by atoms with E-state index in [1.807, 2.05) is 0 Å². The summed E-state index contributed by atoms with van der Waals surface area (Å²) in [5.41, 5.74) is 12.1. The molecule has 0 aliphatic heterocycles. The maximum absolute atomic E-state index is 6.69. The Hall–Kier alpha value is -6.90. The van der Waals surface area contributed by atoms with Gasteiger partial charge in [0.2, 0.25) is 0 Å². The van der Waals surface area contributed by atoms with Gasteiger partial charge in [0, 0.05) is 22.1 Å². The molecule has 2 heteroatoms. The van der Waals surface area contributed by atoms with Crippen LogP contribution in [0, 0.1) is 0 Å². The summed E-state index contributed by atoms with van der Waals surface area (Å²) in [6, 6.07) is 71.7. The van der Waals surface area contributed by atoms with Gasteiger partial charge in [0.25, 0.3) is 0 Å². The fraction of sp³-hybridized carbons (Fsp3) is 0. The number of benzene rings is 9. The Labute approximate surface area is 302 Å². The Balaban J connectivity index is 1.22. The number of fused-ring (bicyclic) bond motifs is 6. The van der Waals surface area contributed by atoms with Gasteiger partial charge in [-0.2, -0.15) is 0 Å². The first-order valence-corrected chi connectivity index (χ1v) is 17.8. The average molecular weight is 664 g/mol. The second-order valence-electron chi connectivity index (χ2n) is 13.3. The zero-order valence-corrected chi connectivity index (χ0v) is 28.4. The molecule has 2 nitrogen and oxygen atoms in total. The van der Waals surface area contributed by atoms with Crippen LogP contribution in [-0.2, 0) is 0 Å². The normalized spacial score (nSPS) is 11.5. The summed E-state index contributed by atoms with van der Waals surface area (Å²) in [4.78, 5) is 2.39. The standard InChI is InChI=1S/C50H33NO/c1-3-14-34(15-4-1)38-21-9-23-40(32-38)51(46-28-13-29-47-49(46)45-31-30-36-18-7-8-25-44(36)50(45)52-47)41-24-10-22-39(33-41)43-27-12-20-37-19-11-26-42(48(37)43)35-16-5-2-6-17-35/h1-33H. The van der Waals surface area contributed by atoms with Crippen LogP contribution in [0.2, 0.25) is 0 Å². The van der Waals surface area contributed by atoms with E-state index in [1.165, 1.54) is 38.4 Å². The minimum atomic E-state index is 0.866. The first kappa shape index (κ1) is 30.0. The molecule has 0 fully saturated rings. The molecule has 0 aliphatic carbocycles. The highest BCUT2D eigenvalue weighted by atomic mass is 16.3. The molecule has 0 bridgehead atoms. The lowest BCUT2D eigenvalue weighted by Gasteiger charge is -2.27. The number of anilines is 3. The van der Waals surface area contributed by atoms with E-state index in [4.69, 9.17) is 4.42 Å². The first-order chi connectivity index (χ1) is 25.8. The lowest BCUT2D eigenvalue weighted by molar-refractivity contribution is 0.672. The first-order valence-electron chi connectivity index (χ1n) is 17.8. The van der Waals surface area contributed by atoms with Gasteiger partial charge in [-0.05, 0) is 92.0 Å². The predicted molar refractivity (Wildman–Crippen MR) is 220 cm³/mol. The molecule has 0 spiro atoms. The number of hydrogen-bond acceptors (Lipinski definition) is 2. The Kier molecular flexibility index (Phi) is 7.18. The van der Waals surface area contributed by atoms with Crippen LogP contribution in [0.15, 0.2) is 205 Å². The summed E-state index contributed by atoms with van der Waals surface area (Å²) in [5.74, 6) is 0. The molecule has 0 atom stereocenters. The molecule has 0 saturated heterocycles. The minimum Gasteiger partial charge on any atom is -0.455 e. The average Bonchev–Trinajstić information content (AvgIpc) is 3.62. The predicted octanol–water partition coefficient (Wildman–Crippen LogP) is 14.4. The summed E-state index contributed by atoms with van der Waals surface area (Å²) in [5, 5.41) is 6.95.